The van der Waals surface area contributed by atoms with Gasteiger partial charge in [-0.25, -0.2) is 13.6 Å². The van der Waals surface area contributed by atoms with E-state index in [1.165, 1.54) is 18.2 Å². The highest BCUT2D eigenvalue weighted by molar-refractivity contribution is 7.89. The first kappa shape index (κ1) is 16.3. The molecule has 1 aliphatic rings. The van der Waals surface area contributed by atoms with Crippen LogP contribution in [0.1, 0.15) is 38.1 Å². The molecule has 3 N–H and O–H groups in total. The van der Waals surface area contributed by atoms with Crippen molar-refractivity contribution in [2.24, 2.45) is 16.0 Å². The third-order valence-electron chi connectivity index (χ3n) is 4.81. The molecule has 116 valence electrons. The van der Waals surface area contributed by atoms with Crippen LogP contribution in [0, 0.1) is 10.8 Å². The van der Waals surface area contributed by atoms with Crippen LogP contribution < -0.4 is 10.5 Å². The van der Waals surface area contributed by atoms with Gasteiger partial charge in [0.15, 0.2) is 0 Å². The largest absolute Gasteiger partial charge is 0.348 e. The first-order chi connectivity index (χ1) is 9.39. The molecule has 1 saturated carbocycles. The SMILES string of the molecule is CC1(C)C(NC(=O)c2cc(S(N)(=O)=O)ccc2Cl)C1(C)C. The number of rotatable bonds is 3. The average Bonchev–Trinajstić information content (AvgIpc) is 2.70. The topological polar surface area (TPSA) is 89.3 Å². The van der Waals surface area contributed by atoms with E-state index in [9.17, 15) is 13.2 Å². The predicted octanol–water partition coefficient (Wildman–Crippen LogP) is 2.15. The zero-order chi connectivity index (χ0) is 16.2. The molecule has 1 amide bonds. The highest BCUT2D eigenvalue weighted by atomic mass is 35.5. The van der Waals surface area contributed by atoms with Crippen LogP contribution in [-0.2, 0) is 10.0 Å². The third kappa shape index (κ3) is 2.67. The first-order valence-electron chi connectivity index (χ1n) is 6.52. The van der Waals surface area contributed by atoms with Gasteiger partial charge in [-0.3, -0.25) is 4.79 Å². The monoisotopic (exact) mass is 330 g/mol. The molecular weight excluding hydrogens is 312 g/mol. The number of carbonyl (C=O) groups is 1. The fourth-order valence-corrected chi connectivity index (χ4v) is 3.36. The Morgan fingerprint density at radius 3 is 2.19 bits per heavy atom. The molecule has 7 heteroatoms. The van der Waals surface area contributed by atoms with Crippen LogP contribution in [0.15, 0.2) is 23.1 Å². The molecule has 0 aliphatic heterocycles. The molecule has 0 atom stereocenters. The zero-order valence-electron chi connectivity index (χ0n) is 12.4. The van der Waals surface area contributed by atoms with E-state index < -0.39 is 15.9 Å². The Hall–Kier alpha value is -1.11. The summed E-state index contributed by atoms with van der Waals surface area (Å²) >= 11 is 5.99. The van der Waals surface area contributed by atoms with Gasteiger partial charge in [-0.1, -0.05) is 39.3 Å². The number of carbonyl (C=O) groups excluding carboxylic acids is 1. The van der Waals surface area contributed by atoms with Gasteiger partial charge in [-0.2, -0.15) is 0 Å². The molecule has 21 heavy (non-hydrogen) atoms. The van der Waals surface area contributed by atoms with Crippen LogP contribution >= 0.6 is 11.6 Å². The highest BCUT2D eigenvalue weighted by Crippen LogP contribution is 2.62. The molecule has 0 bridgehead atoms. The Morgan fingerprint density at radius 2 is 1.76 bits per heavy atom. The van der Waals surface area contributed by atoms with E-state index in [0.29, 0.717) is 0 Å². The summed E-state index contributed by atoms with van der Waals surface area (Å²) in [6.07, 6.45) is 0. The molecule has 0 unspecified atom stereocenters. The summed E-state index contributed by atoms with van der Waals surface area (Å²) in [7, 11) is -3.87. The van der Waals surface area contributed by atoms with Crippen molar-refractivity contribution in [1.82, 2.24) is 5.32 Å². The summed E-state index contributed by atoms with van der Waals surface area (Å²) in [4.78, 5) is 12.2. The number of nitrogens with two attached hydrogens (primary N) is 1. The minimum absolute atomic E-state index is 0.00621. The highest BCUT2D eigenvalue weighted by Gasteiger charge is 2.65. The standard InChI is InChI=1S/C14H19ClN2O3S/c1-13(2)12(14(13,3)4)17-11(18)9-7-8(21(16,19)20)5-6-10(9)15/h5-7,12H,1-4H3,(H,17,18)(H2,16,19,20). The van der Waals surface area contributed by atoms with Crippen molar-refractivity contribution in [1.29, 1.82) is 0 Å². The number of halogens is 1. The van der Waals surface area contributed by atoms with Gasteiger partial charge in [-0.05, 0) is 29.0 Å². The lowest BCUT2D eigenvalue weighted by Gasteiger charge is -2.09. The lowest BCUT2D eigenvalue weighted by atomic mass is 10.0. The van der Waals surface area contributed by atoms with Crippen molar-refractivity contribution < 1.29 is 13.2 Å². The van der Waals surface area contributed by atoms with Crippen molar-refractivity contribution in [3.05, 3.63) is 28.8 Å². The summed E-state index contributed by atoms with van der Waals surface area (Å²) in [5.74, 6) is -0.394. The summed E-state index contributed by atoms with van der Waals surface area (Å²) in [6.45, 7) is 8.28. The van der Waals surface area contributed by atoms with E-state index in [1.807, 2.05) is 0 Å². The Balaban J connectivity index is 2.29. The van der Waals surface area contributed by atoms with Gasteiger partial charge in [0, 0.05) is 6.04 Å². The second kappa shape index (κ2) is 4.69. The summed E-state index contributed by atoms with van der Waals surface area (Å²) in [5, 5.41) is 8.18. The first-order valence-corrected chi connectivity index (χ1v) is 8.44. The lowest BCUT2D eigenvalue weighted by molar-refractivity contribution is 0.0943. The molecule has 1 aromatic carbocycles. The number of amides is 1. The molecule has 1 aromatic rings. The van der Waals surface area contributed by atoms with Crippen molar-refractivity contribution >= 4 is 27.5 Å². The quantitative estimate of drug-likeness (QED) is 0.889. The van der Waals surface area contributed by atoms with E-state index in [-0.39, 0.29) is 32.4 Å². The molecule has 0 radical (unpaired) electrons. The number of hydrogen-bond acceptors (Lipinski definition) is 3. The normalized spacial score (nSPS) is 20.1. The fourth-order valence-electron chi connectivity index (χ4n) is 2.62. The van der Waals surface area contributed by atoms with Gasteiger partial charge < -0.3 is 5.32 Å². The summed E-state index contributed by atoms with van der Waals surface area (Å²) < 4.78 is 22.7. The Labute approximate surface area is 129 Å². The van der Waals surface area contributed by atoms with Gasteiger partial charge in [0.25, 0.3) is 5.91 Å². The zero-order valence-corrected chi connectivity index (χ0v) is 14.0. The maximum atomic E-state index is 12.3. The van der Waals surface area contributed by atoms with Gasteiger partial charge >= 0.3 is 0 Å². The van der Waals surface area contributed by atoms with Crippen molar-refractivity contribution in [2.45, 2.75) is 38.6 Å². The number of hydrogen-bond donors (Lipinski definition) is 2. The smallest absolute Gasteiger partial charge is 0.253 e. The van der Waals surface area contributed by atoms with E-state index >= 15 is 0 Å². The molecule has 0 spiro atoms. The van der Waals surface area contributed by atoms with E-state index in [2.05, 4.69) is 33.0 Å². The second-order valence-corrected chi connectivity index (χ2v) is 8.51. The van der Waals surface area contributed by atoms with Gasteiger partial charge in [-0.15, -0.1) is 0 Å². The lowest BCUT2D eigenvalue weighted by Crippen LogP contribution is -2.30. The van der Waals surface area contributed by atoms with Gasteiger partial charge in [0.05, 0.1) is 15.5 Å². The molecule has 0 saturated heterocycles. The number of sulfonamides is 1. The van der Waals surface area contributed by atoms with E-state index in [0.717, 1.165) is 0 Å². The molecular formula is C14H19ClN2O3S. The molecule has 1 aliphatic carbocycles. The van der Waals surface area contributed by atoms with Crippen molar-refractivity contribution in [3.8, 4) is 0 Å². The summed E-state index contributed by atoms with van der Waals surface area (Å²) in [5.41, 5.74) is 0.0704. The molecule has 5 nitrogen and oxygen atoms in total. The second-order valence-electron chi connectivity index (χ2n) is 6.54. The predicted molar refractivity (Wildman–Crippen MR) is 81.6 cm³/mol. The van der Waals surface area contributed by atoms with Crippen LogP contribution in [0.5, 0.6) is 0 Å². The van der Waals surface area contributed by atoms with Crippen molar-refractivity contribution in [2.75, 3.05) is 0 Å². The fraction of sp³-hybridized carbons (Fsp3) is 0.500. The van der Waals surface area contributed by atoms with Crippen LogP contribution in [0.2, 0.25) is 5.02 Å². The number of primary sulfonamides is 1. The Bertz CT molecular complexity index is 697. The van der Waals surface area contributed by atoms with Crippen LogP contribution in [0.4, 0.5) is 0 Å². The maximum absolute atomic E-state index is 12.3. The maximum Gasteiger partial charge on any atom is 0.253 e. The van der Waals surface area contributed by atoms with Crippen LogP contribution in [0.3, 0.4) is 0 Å². The van der Waals surface area contributed by atoms with Gasteiger partial charge in [0.1, 0.15) is 0 Å². The minimum Gasteiger partial charge on any atom is -0.348 e. The minimum atomic E-state index is -3.87. The molecule has 0 heterocycles. The number of nitrogens with one attached hydrogen (secondary N) is 1. The average molecular weight is 331 g/mol. The van der Waals surface area contributed by atoms with Crippen LogP contribution in [-0.4, -0.2) is 20.4 Å². The third-order valence-corrected chi connectivity index (χ3v) is 6.05. The van der Waals surface area contributed by atoms with E-state index in [4.69, 9.17) is 16.7 Å². The Kier molecular flexibility index (Phi) is 3.64. The van der Waals surface area contributed by atoms with Gasteiger partial charge in [0.2, 0.25) is 10.0 Å². The van der Waals surface area contributed by atoms with Crippen LogP contribution in [0.25, 0.3) is 0 Å². The molecule has 2 rings (SSSR count). The number of benzene rings is 1. The Morgan fingerprint density at radius 1 is 1.24 bits per heavy atom. The molecule has 1 fully saturated rings. The van der Waals surface area contributed by atoms with Crippen molar-refractivity contribution in [3.63, 3.8) is 0 Å². The summed E-state index contributed by atoms with van der Waals surface area (Å²) in [6, 6.07) is 3.85. The van der Waals surface area contributed by atoms with E-state index in [1.54, 1.807) is 0 Å². The molecule has 0 aromatic heterocycles.